The summed E-state index contributed by atoms with van der Waals surface area (Å²) < 4.78 is 6.86. The number of nitrogens with one attached hydrogen (secondary N) is 2. The summed E-state index contributed by atoms with van der Waals surface area (Å²) in [7, 11) is 0. The molecule has 0 aliphatic heterocycles. The summed E-state index contributed by atoms with van der Waals surface area (Å²) in [6, 6.07) is 66.0. The highest BCUT2D eigenvalue weighted by Gasteiger charge is 2.26. The van der Waals surface area contributed by atoms with E-state index in [1.807, 2.05) is 30.3 Å². The van der Waals surface area contributed by atoms with Crippen molar-refractivity contribution in [2.45, 2.75) is 0 Å². The number of fused-ring (bicyclic) bond motifs is 14. The van der Waals surface area contributed by atoms with Gasteiger partial charge in [0.1, 0.15) is 5.84 Å². The molecule has 0 amide bonds. The minimum Gasteiger partial charge on any atom is -0.309 e. The highest BCUT2D eigenvalue weighted by molar-refractivity contribution is 6.37. The van der Waals surface area contributed by atoms with Crippen LogP contribution in [-0.2, 0) is 0 Å². The quantitative estimate of drug-likeness (QED) is 0.133. The normalized spacial score (nSPS) is 12.2. The molecule has 5 nitrogen and oxygen atoms in total. The van der Waals surface area contributed by atoms with Crippen LogP contribution in [0.3, 0.4) is 0 Å². The number of hydrogen-bond acceptors (Lipinski definition) is 2. The molecule has 0 unspecified atom stereocenters. The molecule has 4 aromatic heterocycles. The lowest BCUT2D eigenvalue weighted by Crippen LogP contribution is -2.17. The fraction of sp³-hybridized carbons (Fsp3) is 0. The third-order valence-electron chi connectivity index (χ3n) is 12.6. The molecule has 13 aromatic rings. The van der Waals surface area contributed by atoms with Crippen molar-refractivity contribution in [3.63, 3.8) is 0 Å². The van der Waals surface area contributed by atoms with Gasteiger partial charge >= 0.3 is 0 Å². The third-order valence-corrected chi connectivity index (χ3v) is 12.6. The van der Waals surface area contributed by atoms with E-state index < -0.39 is 0 Å². The Bertz CT molecular complexity index is 3930. The van der Waals surface area contributed by atoms with Crippen LogP contribution in [0, 0.1) is 10.8 Å². The van der Waals surface area contributed by atoms with Crippen molar-refractivity contribution < 1.29 is 0 Å². The highest BCUT2D eigenvalue weighted by atomic mass is 15.0. The van der Waals surface area contributed by atoms with Gasteiger partial charge in [0, 0.05) is 65.5 Å². The fourth-order valence-electron chi connectivity index (χ4n) is 10.1. The van der Waals surface area contributed by atoms with Gasteiger partial charge in [-0.15, -0.1) is 0 Å². The number of nitrogens with zero attached hydrogens (tertiary/aromatic N) is 3. The Morgan fingerprint density at radius 1 is 0.373 bits per heavy atom. The van der Waals surface area contributed by atoms with Crippen LogP contribution >= 0.6 is 0 Å². The van der Waals surface area contributed by atoms with E-state index in [-0.39, 0.29) is 0 Å². The molecule has 0 aliphatic carbocycles. The van der Waals surface area contributed by atoms with Gasteiger partial charge in [0.2, 0.25) is 0 Å². The molecular weight excluding hydrogens is 719 g/mol. The van der Waals surface area contributed by atoms with Crippen molar-refractivity contribution in [1.29, 1.82) is 10.8 Å². The van der Waals surface area contributed by atoms with Crippen molar-refractivity contribution in [2.24, 2.45) is 0 Å². The lowest BCUT2D eigenvalue weighted by Gasteiger charge is -2.15. The first kappa shape index (κ1) is 32.1. The first-order valence-electron chi connectivity index (χ1n) is 20.0. The second kappa shape index (κ2) is 11.8. The number of aromatic nitrogens is 3. The Morgan fingerprint density at radius 2 is 0.966 bits per heavy atom. The molecule has 0 fully saturated rings. The molecule has 59 heavy (non-hydrogen) atoms. The maximum atomic E-state index is 10.3. The van der Waals surface area contributed by atoms with E-state index >= 15 is 0 Å². The van der Waals surface area contributed by atoms with E-state index in [1.54, 1.807) is 0 Å². The maximum absolute atomic E-state index is 10.3. The van der Waals surface area contributed by atoms with Gasteiger partial charge in [0.05, 0.1) is 44.3 Å². The lowest BCUT2D eigenvalue weighted by molar-refractivity contribution is 1.18. The van der Waals surface area contributed by atoms with Crippen LogP contribution in [-0.4, -0.2) is 25.1 Å². The zero-order valence-electron chi connectivity index (χ0n) is 31.7. The van der Waals surface area contributed by atoms with Crippen LogP contribution in [0.25, 0.3) is 98.2 Å². The van der Waals surface area contributed by atoms with E-state index in [0.29, 0.717) is 22.7 Å². The van der Waals surface area contributed by atoms with Crippen molar-refractivity contribution in [1.82, 2.24) is 13.5 Å². The van der Waals surface area contributed by atoms with Crippen LogP contribution in [0.1, 0.15) is 16.7 Å². The van der Waals surface area contributed by atoms with Crippen LogP contribution in [0.5, 0.6) is 0 Å². The Labute approximate surface area is 337 Å². The molecule has 4 heterocycles. The van der Waals surface area contributed by atoms with Crippen LogP contribution in [0.4, 0.5) is 0 Å². The summed E-state index contributed by atoms with van der Waals surface area (Å²) in [4.78, 5) is 0. The van der Waals surface area contributed by atoms with Crippen LogP contribution in [0.15, 0.2) is 188 Å². The predicted octanol–water partition coefficient (Wildman–Crippen LogP) is 13.5. The zero-order chi connectivity index (χ0) is 38.9. The smallest absolute Gasteiger partial charge is 0.137 e. The SMILES string of the molecule is N=C(c1ccc2c(c1)c1ccccc1n2-c1ccccc1)c1ccccc1C(=N)n1c2cc3ccccc3cc2c2c3c4ccccc4n4c5ccccc5c(cc21)c34. The Kier molecular flexibility index (Phi) is 6.40. The van der Waals surface area contributed by atoms with Gasteiger partial charge < -0.3 is 8.97 Å². The fourth-order valence-corrected chi connectivity index (χ4v) is 10.1. The molecule has 0 bridgehead atoms. The molecule has 9 aromatic carbocycles. The number of benzene rings is 9. The van der Waals surface area contributed by atoms with Crippen molar-refractivity contribution >= 4 is 104 Å². The standard InChI is InChI=1S/C54H33N5/c55-52(34-26-27-47-41(29-34)36-18-8-11-23-44(36)57(47)35-16-2-1-3-17-35)38-20-6-7-21-39(38)54(56)59-48-30-33-15-5-4-14-32(33)28-43(48)50-49(59)31-42-37-19-9-12-24-45(37)58-46-25-13-10-22-40(46)51(50)53(42)58/h1-31,55-56H. The monoisotopic (exact) mass is 751 g/mol. The summed E-state index contributed by atoms with van der Waals surface area (Å²) in [5.41, 5.74) is 11.5. The van der Waals surface area contributed by atoms with Gasteiger partial charge in [-0.05, 0) is 71.4 Å². The first-order valence-corrected chi connectivity index (χ1v) is 20.0. The van der Waals surface area contributed by atoms with Crippen LogP contribution < -0.4 is 0 Å². The van der Waals surface area contributed by atoms with Gasteiger partial charge in [-0.25, -0.2) is 0 Å². The molecule has 0 spiro atoms. The first-order chi connectivity index (χ1) is 29.1. The average Bonchev–Trinajstić information content (AvgIpc) is 4.01. The van der Waals surface area contributed by atoms with E-state index in [2.05, 4.69) is 171 Å². The van der Waals surface area contributed by atoms with E-state index in [0.717, 1.165) is 65.6 Å². The lowest BCUT2D eigenvalue weighted by atomic mass is 9.95. The van der Waals surface area contributed by atoms with Gasteiger partial charge in [-0.3, -0.25) is 15.4 Å². The highest BCUT2D eigenvalue weighted by Crippen LogP contribution is 2.47. The molecule has 0 radical (unpaired) electrons. The predicted molar refractivity (Wildman–Crippen MR) is 247 cm³/mol. The third kappa shape index (κ3) is 4.28. The second-order valence-electron chi connectivity index (χ2n) is 15.7. The van der Waals surface area contributed by atoms with Crippen molar-refractivity contribution in [3.05, 3.63) is 205 Å². The number of para-hydroxylation sites is 4. The Hall–Kier alpha value is -8.02. The van der Waals surface area contributed by atoms with E-state index in [9.17, 15) is 10.8 Å². The van der Waals surface area contributed by atoms with Gasteiger partial charge in [0.25, 0.3) is 0 Å². The van der Waals surface area contributed by atoms with Gasteiger partial charge in [0.15, 0.2) is 0 Å². The molecule has 274 valence electrons. The minimum atomic E-state index is 0.337. The number of hydrogen-bond donors (Lipinski definition) is 2. The Balaban J connectivity index is 1.06. The largest absolute Gasteiger partial charge is 0.309 e. The summed E-state index contributed by atoms with van der Waals surface area (Å²) in [5.74, 6) is 0.337. The topological polar surface area (TPSA) is 62.0 Å². The molecule has 13 rings (SSSR count). The van der Waals surface area contributed by atoms with Crippen molar-refractivity contribution in [2.75, 3.05) is 0 Å². The molecule has 0 aliphatic rings. The van der Waals surface area contributed by atoms with Crippen LogP contribution in [0.2, 0.25) is 0 Å². The molecule has 5 heteroatoms. The number of rotatable bonds is 4. The van der Waals surface area contributed by atoms with Gasteiger partial charge in [-0.1, -0.05) is 127 Å². The molecule has 0 saturated carbocycles. The summed E-state index contributed by atoms with van der Waals surface area (Å²) >= 11 is 0. The molecular formula is C54H33N5. The summed E-state index contributed by atoms with van der Waals surface area (Å²) in [5, 5.41) is 31.7. The molecule has 0 saturated heterocycles. The average molecular weight is 752 g/mol. The van der Waals surface area contributed by atoms with Crippen molar-refractivity contribution in [3.8, 4) is 5.69 Å². The Morgan fingerprint density at radius 3 is 1.75 bits per heavy atom. The summed E-state index contributed by atoms with van der Waals surface area (Å²) in [6.45, 7) is 0. The second-order valence-corrected chi connectivity index (χ2v) is 15.7. The van der Waals surface area contributed by atoms with E-state index in [1.165, 1.54) is 38.1 Å². The zero-order valence-corrected chi connectivity index (χ0v) is 31.7. The van der Waals surface area contributed by atoms with Gasteiger partial charge in [-0.2, -0.15) is 0 Å². The minimum absolute atomic E-state index is 0.337. The molecule has 0 atom stereocenters. The van der Waals surface area contributed by atoms with E-state index in [4.69, 9.17) is 0 Å². The summed E-state index contributed by atoms with van der Waals surface area (Å²) in [6.07, 6.45) is 0. The molecule has 2 N–H and O–H groups in total. The maximum Gasteiger partial charge on any atom is 0.137 e.